The van der Waals surface area contributed by atoms with Crippen molar-refractivity contribution in [3.8, 4) is 0 Å². The fourth-order valence-electron chi connectivity index (χ4n) is 3.81. The Labute approximate surface area is 137 Å². The fourth-order valence-corrected chi connectivity index (χ4v) is 3.81. The summed E-state index contributed by atoms with van der Waals surface area (Å²) in [6.07, 6.45) is 5.47. The summed E-state index contributed by atoms with van der Waals surface area (Å²) in [7, 11) is 0. The summed E-state index contributed by atoms with van der Waals surface area (Å²) < 4.78 is 19.3. The summed E-state index contributed by atoms with van der Waals surface area (Å²) in [6, 6.07) is -0.283. The van der Waals surface area contributed by atoms with Gasteiger partial charge >= 0.3 is 6.09 Å². The van der Waals surface area contributed by atoms with Gasteiger partial charge in [-0.1, -0.05) is 6.08 Å². The Kier molecular flexibility index (Phi) is 4.23. The molecule has 23 heavy (non-hydrogen) atoms. The summed E-state index contributed by atoms with van der Waals surface area (Å²) in [5, 5.41) is 0. The van der Waals surface area contributed by atoms with Gasteiger partial charge in [0.2, 0.25) is 0 Å². The third kappa shape index (κ3) is 3.59. The molecule has 1 amide bonds. The first-order valence-corrected chi connectivity index (χ1v) is 8.66. The zero-order valence-corrected chi connectivity index (χ0v) is 14.2. The molecule has 1 heterocycles. The Bertz CT molecular complexity index is 537. The standard InChI is InChI=1S/C18H26FNO3/c1-18(2,3)23-17(22)20-14-8-12(14)9-15(20)16(21)10-11-6-4-5-7-13(11)19/h7,11-12,14-15H,4-6,8-10H2,1-3H3/t11?,12-,14-,15+/m1/s1. The molecule has 0 N–H and O–H groups in total. The number of halogens is 1. The molecule has 4 atom stereocenters. The molecule has 0 bridgehead atoms. The van der Waals surface area contributed by atoms with Crippen molar-refractivity contribution in [3.05, 3.63) is 11.9 Å². The Hall–Kier alpha value is -1.39. The number of carbonyl (C=O) groups is 2. The Morgan fingerprint density at radius 1 is 1.35 bits per heavy atom. The number of ether oxygens (including phenoxy) is 1. The molecule has 5 heteroatoms. The zero-order chi connectivity index (χ0) is 16.8. The predicted molar refractivity (Wildman–Crippen MR) is 84.5 cm³/mol. The number of ketones is 1. The molecule has 1 saturated carbocycles. The summed E-state index contributed by atoms with van der Waals surface area (Å²) in [6.45, 7) is 5.47. The number of carbonyl (C=O) groups excluding carboxylic acids is 2. The molecular weight excluding hydrogens is 297 g/mol. The number of nitrogens with zero attached hydrogens (tertiary/aromatic N) is 1. The second-order valence-electron chi connectivity index (χ2n) is 8.09. The van der Waals surface area contributed by atoms with E-state index in [4.69, 9.17) is 4.74 Å². The monoisotopic (exact) mass is 323 g/mol. The van der Waals surface area contributed by atoms with E-state index in [1.807, 2.05) is 20.8 Å². The molecular formula is C18H26FNO3. The van der Waals surface area contributed by atoms with Crippen molar-refractivity contribution in [1.82, 2.24) is 4.90 Å². The van der Waals surface area contributed by atoms with Crippen LogP contribution in [0.25, 0.3) is 0 Å². The number of Topliss-reactive ketones (excluding diaryl/α,β-unsaturated/α-hetero) is 1. The Morgan fingerprint density at radius 3 is 2.74 bits per heavy atom. The largest absolute Gasteiger partial charge is 0.444 e. The third-order valence-electron chi connectivity index (χ3n) is 5.01. The maximum absolute atomic E-state index is 13.9. The summed E-state index contributed by atoms with van der Waals surface area (Å²) in [4.78, 5) is 26.7. The first-order chi connectivity index (χ1) is 10.8. The van der Waals surface area contributed by atoms with E-state index in [0.29, 0.717) is 12.3 Å². The number of piperidine rings is 1. The van der Waals surface area contributed by atoms with E-state index >= 15 is 0 Å². The van der Waals surface area contributed by atoms with Gasteiger partial charge in [-0.25, -0.2) is 9.18 Å². The van der Waals surface area contributed by atoms with Gasteiger partial charge in [-0.3, -0.25) is 9.69 Å². The maximum Gasteiger partial charge on any atom is 0.411 e. The van der Waals surface area contributed by atoms with Crippen LogP contribution < -0.4 is 0 Å². The quantitative estimate of drug-likeness (QED) is 0.789. The highest BCUT2D eigenvalue weighted by molar-refractivity contribution is 5.89. The van der Waals surface area contributed by atoms with E-state index < -0.39 is 17.7 Å². The fraction of sp³-hybridized carbons (Fsp3) is 0.778. The van der Waals surface area contributed by atoms with Gasteiger partial charge in [0.25, 0.3) is 0 Å². The topological polar surface area (TPSA) is 46.6 Å². The van der Waals surface area contributed by atoms with Crippen LogP contribution in [-0.4, -0.2) is 34.5 Å². The molecule has 1 aliphatic heterocycles. The number of fused-ring (bicyclic) bond motifs is 1. The van der Waals surface area contributed by atoms with Crippen molar-refractivity contribution in [2.45, 2.75) is 77.0 Å². The van der Waals surface area contributed by atoms with Crippen molar-refractivity contribution in [1.29, 1.82) is 0 Å². The van der Waals surface area contributed by atoms with Crippen LogP contribution in [0.3, 0.4) is 0 Å². The van der Waals surface area contributed by atoms with E-state index in [2.05, 4.69) is 0 Å². The van der Waals surface area contributed by atoms with Crippen LogP contribution in [0.2, 0.25) is 0 Å². The summed E-state index contributed by atoms with van der Waals surface area (Å²) in [5.41, 5.74) is -0.574. The molecule has 3 aliphatic rings. The van der Waals surface area contributed by atoms with Gasteiger partial charge in [-0.05, 0) is 58.8 Å². The molecule has 1 unspecified atom stereocenters. The van der Waals surface area contributed by atoms with Crippen LogP contribution >= 0.6 is 0 Å². The molecule has 0 aromatic carbocycles. The van der Waals surface area contributed by atoms with Crippen LogP contribution in [0, 0.1) is 11.8 Å². The van der Waals surface area contributed by atoms with Crippen LogP contribution in [0.1, 0.15) is 59.3 Å². The summed E-state index contributed by atoms with van der Waals surface area (Å²) in [5.74, 6) is -0.0491. The Balaban J connectivity index is 1.66. The van der Waals surface area contributed by atoms with Crippen LogP contribution in [0.15, 0.2) is 11.9 Å². The van der Waals surface area contributed by atoms with Crippen molar-refractivity contribution in [2.75, 3.05) is 0 Å². The second-order valence-corrected chi connectivity index (χ2v) is 8.09. The SMILES string of the molecule is CC(C)(C)OC(=O)N1[C@@H]2C[C@@H]2C[C@H]1C(=O)CC1CCCC=C1F. The molecule has 128 valence electrons. The lowest BCUT2D eigenvalue weighted by atomic mass is 9.88. The molecule has 1 saturated heterocycles. The van der Waals surface area contributed by atoms with E-state index in [0.717, 1.165) is 25.7 Å². The minimum atomic E-state index is -0.574. The van der Waals surface area contributed by atoms with Crippen LogP contribution in [0.5, 0.6) is 0 Å². The molecule has 4 nitrogen and oxygen atoms in total. The smallest absolute Gasteiger partial charge is 0.411 e. The van der Waals surface area contributed by atoms with E-state index in [1.165, 1.54) is 0 Å². The zero-order valence-electron chi connectivity index (χ0n) is 14.2. The number of likely N-dealkylation sites (tertiary alicyclic amines) is 1. The van der Waals surface area contributed by atoms with Crippen molar-refractivity contribution in [3.63, 3.8) is 0 Å². The molecule has 0 spiro atoms. The number of hydrogen-bond acceptors (Lipinski definition) is 3. The molecule has 2 aliphatic carbocycles. The lowest BCUT2D eigenvalue weighted by molar-refractivity contribution is -0.124. The van der Waals surface area contributed by atoms with Crippen LogP contribution in [-0.2, 0) is 9.53 Å². The highest BCUT2D eigenvalue weighted by atomic mass is 19.1. The first kappa shape index (κ1) is 16.5. The lowest BCUT2D eigenvalue weighted by Crippen LogP contribution is -2.46. The van der Waals surface area contributed by atoms with E-state index in [1.54, 1.807) is 11.0 Å². The molecule has 0 aromatic rings. The molecule has 0 aromatic heterocycles. The predicted octanol–water partition coefficient (Wildman–Crippen LogP) is 4.00. The van der Waals surface area contributed by atoms with Gasteiger partial charge < -0.3 is 4.74 Å². The van der Waals surface area contributed by atoms with Gasteiger partial charge in [0.15, 0.2) is 5.78 Å². The summed E-state index contributed by atoms with van der Waals surface area (Å²) >= 11 is 0. The maximum atomic E-state index is 13.9. The average molecular weight is 323 g/mol. The highest BCUT2D eigenvalue weighted by Crippen LogP contribution is 2.49. The van der Waals surface area contributed by atoms with E-state index in [-0.39, 0.29) is 30.0 Å². The van der Waals surface area contributed by atoms with Crippen molar-refractivity contribution in [2.24, 2.45) is 11.8 Å². The molecule has 3 rings (SSSR count). The number of hydrogen-bond donors (Lipinski definition) is 0. The van der Waals surface area contributed by atoms with Gasteiger partial charge in [0.1, 0.15) is 5.60 Å². The normalized spacial score (nSPS) is 33.0. The minimum absolute atomic E-state index is 0.0153. The first-order valence-electron chi connectivity index (χ1n) is 8.66. The molecule has 2 fully saturated rings. The average Bonchev–Trinajstić information content (AvgIpc) is 3.09. The van der Waals surface area contributed by atoms with E-state index in [9.17, 15) is 14.0 Å². The number of amides is 1. The molecule has 0 radical (unpaired) electrons. The van der Waals surface area contributed by atoms with Gasteiger partial charge in [0, 0.05) is 18.4 Å². The van der Waals surface area contributed by atoms with Gasteiger partial charge in [-0.2, -0.15) is 0 Å². The number of rotatable bonds is 3. The third-order valence-corrected chi connectivity index (χ3v) is 5.01. The van der Waals surface area contributed by atoms with Crippen molar-refractivity contribution >= 4 is 11.9 Å². The second kappa shape index (κ2) is 5.91. The highest BCUT2D eigenvalue weighted by Gasteiger charge is 2.57. The lowest BCUT2D eigenvalue weighted by Gasteiger charge is -2.30. The minimum Gasteiger partial charge on any atom is -0.444 e. The van der Waals surface area contributed by atoms with Crippen molar-refractivity contribution < 1.29 is 18.7 Å². The Morgan fingerprint density at radius 2 is 2.09 bits per heavy atom. The number of allylic oxidation sites excluding steroid dienone is 2. The van der Waals surface area contributed by atoms with Crippen LogP contribution in [0.4, 0.5) is 9.18 Å². The van der Waals surface area contributed by atoms with Gasteiger partial charge in [0.05, 0.1) is 11.9 Å². The van der Waals surface area contributed by atoms with Gasteiger partial charge in [-0.15, -0.1) is 0 Å².